The Kier molecular flexibility index (Phi) is 5.37. The first-order valence-electron chi connectivity index (χ1n) is 7.01. The van der Waals surface area contributed by atoms with Crippen LogP contribution < -0.4 is 11.1 Å². The molecule has 9 heteroatoms. The van der Waals surface area contributed by atoms with E-state index in [1.165, 1.54) is 11.1 Å². The van der Waals surface area contributed by atoms with Crippen molar-refractivity contribution in [3.63, 3.8) is 0 Å². The number of likely N-dealkylation sites (tertiary alicyclic amines) is 1. The molecule has 1 aromatic rings. The molecule has 2 heterocycles. The molecule has 22 heavy (non-hydrogen) atoms. The number of carbonyl (C=O) groups excluding carboxylic acids is 1. The van der Waals surface area contributed by atoms with Crippen LogP contribution in [0.4, 0.5) is 10.6 Å². The Morgan fingerprint density at radius 3 is 2.73 bits per heavy atom. The van der Waals surface area contributed by atoms with Crippen molar-refractivity contribution >= 4 is 29.4 Å². The van der Waals surface area contributed by atoms with E-state index in [4.69, 9.17) is 22.4 Å². The average Bonchev–Trinajstić information content (AvgIpc) is 2.47. The molecule has 0 saturated carbocycles. The topological polar surface area (TPSA) is 121 Å². The molecule has 8 nitrogen and oxygen atoms in total. The zero-order chi connectivity index (χ0) is 16.1. The van der Waals surface area contributed by atoms with Gasteiger partial charge in [0.05, 0.1) is 5.56 Å². The number of aromatic nitrogens is 2. The summed E-state index contributed by atoms with van der Waals surface area (Å²) in [7, 11) is 0. The summed E-state index contributed by atoms with van der Waals surface area (Å²) in [5, 5.41) is 12.0. The Labute approximate surface area is 132 Å². The van der Waals surface area contributed by atoms with Gasteiger partial charge in [-0.2, -0.15) is 4.98 Å². The predicted molar refractivity (Wildman–Crippen MR) is 81.0 cm³/mol. The number of nitrogens with zero attached hydrogens (tertiary/aromatic N) is 3. The first kappa shape index (κ1) is 16.3. The van der Waals surface area contributed by atoms with Gasteiger partial charge in [-0.1, -0.05) is 0 Å². The molecule has 1 saturated heterocycles. The van der Waals surface area contributed by atoms with E-state index in [0.29, 0.717) is 31.4 Å². The molecule has 1 aliphatic heterocycles. The Morgan fingerprint density at radius 2 is 2.14 bits per heavy atom. The number of halogens is 1. The summed E-state index contributed by atoms with van der Waals surface area (Å²) in [5.74, 6) is 0.154. The zero-order valence-corrected chi connectivity index (χ0v) is 12.7. The minimum Gasteiger partial charge on any atom is -0.465 e. The number of hydrogen-bond donors (Lipinski definition) is 3. The van der Waals surface area contributed by atoms with Crippen molar-refractivity contribution < 1.29 is 14.7 Å². The molecular weight excluding hydrogens is 310 g/mol. The summed E-state index contributed by atoms with van der Waals surface area (Å²) >= 11 is 5.72. The summed E-state index contributed by atoms with van der Waals surface area (Å²) in [4.78, 5) is 31.3. The molecule has 4 N–H and O–H groups in total. The van der Waals surface area contributed by atoms with Gasteiger partial charge in [0.1, 0.15) is 5.82 Å². The third-order valence-corrected chi connectivity index (χ3v) is 3.94. The zero-order valence-electron chi connectivity index (χ0n) is 12.0. The Hall–Kier alpha value is -2.09. The highest BCUT2D eigenvalue weighted by Gasteiger charge is 2.22. The van der Waals surface area contributed by atoms with Crippen LogP contribution in [0.15, 0.2) is 6.20 Å². The smallest absolute Gasteiger partial charge is 0.407 e. The minimum absolute atomic E-state index is 0.0438. The second-order valence-corrected chi connectivity index (χ2v) is 5.53. The first-order valence-corrected chi connectivity index (χ1v) is 7.39. The number of hydrogen-bond acceptors (Lipinski definition) is 5. The van der Waals surface area contributed by atoms with Gasteiger partial charge < -0.3 is 21.1 Å². The molecule has 2 rings (SSSR count). The van der Waals surface area contributed by atoms with Crippen LogP contribution in [-0.4, -0.2) is 51.6 Å². The molecule has 0 aliphatic carbocycles. The van der Waals surface area contributed by atoms with E-state index in [1.54, 1.807) is 0 Å². The van der Waals surface area contributed by atoms with Crippen molar-refractivity contribution in [3.8, 4) is 0 Å². The molecule has 0 bridgehead atoms. The maximum atomic E-state index is 11.3. The van der Waals surface area contributed by atoms with Crippen LogP contribution in [0.2, 0.25) is 5.28 Å². The summed E-state index contributed by atoms with van der Waals surface area (Å²) in [6.07, 6.45) is 2.96. The van der Waals surface area contributed by atoms with Gasteiger partial charge in [0, 0.05) is 25.8 Å². The van der Waals surface area contributed by atoms with Crippen molar-refractivity contribution in [1.82, 2.24) is 14.9 Å². The number of primary amides is 1. The third-order valence-electron chi connectivity index (χ3n) is 3.75. The number of piperidine rings is 1. The number of nitrogens with two attached hydrogens (primary N) is 1. The fourth-order valence-electron chi connectivity index (χ4n) is 2.48. The number of anilines is 1. The van der Waals surface area contributed by atoms with E-state index < -0.39 is 12.0 Å². The van der Waals surface area contributed by atoms with Gasteiger partial charge in [-0.15, -0.1) is 0 Å². The van der Waals surface area contributed by atoms with E-state index in [2.05, 4.69) is 15.3 Å². The standard InChI is InChI=1S/C13H18ClN5O3/c14-12-17-7-9(10(15)20)11(18-12)16-4-1-8-2-5-19(6-3-8)13(21)22/h7-8H,1-6H2,(H2,15,20)(H,21,22)(H,16,17,18). The van der Waals surface area contributed by atoms with Crippen LogP contribution in [0.25, 0.3) is 0 Å². The summed E-state index contributed by atoms with van der Waals surface area (Å²) < 4.78 is 0. The first-order chi connectivity index (χ1) is 10.5. The van der Waals surface area contributed by atoms with Crippen molar-refractivity contribution in [2.24, 2.45) is 11.7 Å². The lowest BCUT2D eigenvalue weighted by Crippen LogP contribution is -2.37. The fraction of sp³-hybridized carbons (Fsp3) is 0.538. The van der Waals surface area contributed by atoms with Gasteiger partial charge in [-0.05, 0) is 36.8 Å². The molecule has 1 aromatic heterocycles. The Balaban J connectivity index is 1.83. The van der Waals surface area contributed by atoms with E-state index in [9.17, 15) is 9.59 Å². The Bertz CT molecular complexity index is 561. The van der Waals surface area contributed by atoms with E-state index >= 15 is 0 Å². The number of rotatable bonds is 5. The highest BCUT2D eigenvalue weighted by atomic mass is 35.5. The summed E-state index contributed by atoms with van der Waals surface area (Å²) in [6, 6.07) is 0. The van der Waals surface area contributed by atoms with Crippen LogP contribution >= 0.6 is 11.6 Å². The van der Waals surface area contributed by atoms with E-state index in [0.717, 1.165) is 19.3 Å². The van der Waals surface area contributed by atoms with Crippen molar-refractivity contribution in [3.05, 3.63) is 17.0 Å². The molecule has 0 spiro atoms. The molecule has 120 valence electrons. The lowest BCUT2D eigenvalue weighted by Gasteiger charge is -2.30. The van der Waals surface area contributed by atoms with E-state index in [-0.39, 0.29) is 10.8 Å². The number of carboxylic acid groups (broad SMARTS) is 1. The number of carbonyl (C=O) groups is 2. The molecule has 0 radical (unpaired) electrons. The molecule has 0 atom stereocenters. The molecular formula is C13H18ClN5O3. The Morgan fingerprint density at radius 1 is 1.45 bits per heavy atom. The van der Waals surface area contributed by atoms with Crippen molar-refractivity contribution in [2.75, 3.05) is 25.0 Å². The van der Waals surface area contributed by atoms with Crippen LogP contribution in [0.3, 0.4) is 0 Å². The second kappa shape index (κ2) is 7.26. The number of amides is 2. The normalized spacial score (nSPS) is 15.6. The highest BCUT2D eigenvalue weighted by Crippen LogP contribution is 2.21. The summed E-state index contributed by atoms with van der Waals surface area (Å²) in [5.41, 5.74) is 5.46. The largest absolute Gasteiger partial charge is 0.465 e. The van der Waals surface area contributed by atoms with Gasteiger partial charge in [0.15, 0.2) is 0 Å². The molecule has 0 aromatic carbocycles. The monoisotopic (exact) mass is 327 g/mol. The maximum Gasteiger partial charge on any atom is 0.407 e. The van der Waals surface area contributed by atoms with Crippen LogP contribution in [0.1, 0.15) is 29.6 Å². The predicted octanol–water partition coefficient (Wildman–Crippen LogP) is 1.42. The van der Waals surface area contributed by atoms with Crippen molar-refractivity contribution in [1.29, 1.82) is 0 Å². The molecule has 0 unspecified atom stereocenters. The molecule has 1 fully saturated rings. The minimum atomic E-state index is -0.863. The average molecular weight is 328 g/mol. The van der Waals surface area contributed by atoms with Crippen LogP contribution in [0.5, 0.6) is 0 Å². The summed E-state index contributed by atoms with van der Waals surface area (Å²) in [6.45, 7) is 1.73. The van der Waals surface area contributed by atoms with Crippen LogP contribution in [0, 0.1) is 5.92 Å². The van der Waals surface area contributed by atoms with Gasteiger partial charge >= 0.3 is 6.09 Å². The number of nitrogens with one attached hydrogen (secondary N) is 1. The molecule has 1 aliphatic rings. The third kappa shape index (κ3) is 4.20. The van der Waals surface area contributed by atoms with Gasteiger partial charge in [0.25, 0.3) is 5.91 Å². The molecule has 2 amide bonds. The SMILES string of the molecule is NC(=O)c1cnc(Cl)nc1NCCC1CCN(C(=O)O)CC1. The maximum absolute atomic E-state index is 11.3. The van der Waals surface area contributed by atoms with Crippen molar-refractivity contribution in [2.45, 2.75) is 19.3 Å². The van der Waals surface area contributed by atoms with Gasteiger partial charge in [0.2, 0.25) is 5.28 Å². The van der Waals surface area contributed by atoms with Crippen LogP contribution in [-0.2, 0) is 0 Å². The van der Waals surface area contributed by atoms with E-state index in [1.807, 2.05) is 0 Å². The van der Waals surface area contributed by atoms with Gasteiger partial charge in [-0.25, -0.2) is 9.78 Å². The van der Waals surface area contributed by atoms with Gasteiger partial charge in [-0.3, -0.25) is 4.79 Å². The second-order valence-electron chi connectivity index (χ2n) is 5.19. The fourth-order valence-corrected chi connectivity index (χ4v) is 2.62. The lowest BCUT2D eigenvalue weighted by molar-refractivity contribution is 0.1000. The lowest BCUT2D eigenvalue weighted by atomic mass is 9.94. The quantitative estimate of drug-likeness (QED) is 0.703. The highest BCUT2D eigenvalue weighted by molar-refractivity contribution is 6.28.